The van der Waals surface area contributed by atoms with E-state index in [4.69, 9.17) is 65.4 Å². The molecular weight excluding hydrogens is 718 g/mol. The Morgan fingerprint density at radius 2 is 0.979 bits per heavy atom. The van der Waals surface area contributed by atoms with Gasteiger partial charge in [0.05, 0.1) is 82.1 Å². The zero-order valence-electron chi connectivity index (χ0n) is 26.0. The summed E-state index contributed by atoms with van der Waals surface area (Å²) in [6.07, 6.45) is 0.986. The zero-order chi connectivity index (χ0) is 34.5. The average molecular weight is 753 g/mol. The second-order valence-corrected chi connectivity index (χ2v) is 14.3. The van der Waals surface area contributed by atoms with Crippen molar-refractivity contribution in [1.82, 2.24) is 19.9 Å². The summed E-state index contributed by atoms with van der Waals surface area (Å²) < 4.78 is 49.7. The Balaban J connectivity index is 1.85. The third-order valence-electron chi connectivity index (χ3n) is 7.57. The van der Waals surface area contributed by atoms with Crippen LogP contribution >= 0.6 is 46.4 Å². The van der Waals surface area contributed by atoms with Gasteiger partial charge in [0.25, 0.3) is 23.5 Å². The van der Waals surface area contributed by atoms with Crippen molar-refractivity contribution in [2.75, 3.05) is 53.2 Å². The zero-order valence-corrected chi connectivity index (χ0v) is 29.9. The second-order valence-electron chi connectivity index (χ2n) is 10.6. The number of methoxy groups -OCH3 is 4. The van der Waals surface area contributed by atoms with E-state index in [9.17, 15) is 18.6 Å². The molecule has 4 rings (SSSR count). The van der Waals surface area contributed by atoms with Crippen LogP contribution in [0.1, 0.15) is 48.6 Å². The molecule has 2 unspecified atom stereocenters. The SMILES string of the molecule is COc1nc2cc(Cl)c(Cl)c(C(CCCO)CS(=O)(=O)CC(CCCO)c3c(Cl)c(Cl)cc4nc(OC)c(OC)nc34)c2nc1OC. The van der Waals surface area contributed by atoms with Crippen LogP contribution in [0.3, 0.4) is 0 Å². The third-order valence-corrected chi connectivity index (χ3v) is 11.0. The molecule has 0 amide bonds. The Morgan fingerprint density at radius 3 is 1.30 bits per heavy atom. The number of halogens is 4. The van der Waals surface area contributed by atoms with Gasteiger partial charge in [-0.1, -0.05) is 46.4 Å². The molecule has 0 saturated heterocycles. The van der Waals surface area contributed by atoms with E-state index in [1.165, 1.54) is 40.6 Å². The molecule has 0 bridgehead atoms. The molecular formula is C30H34Cl4N4O8S. The number of hydrogen-bond donors (Lipinski definition) is 2. The van der Waals surface area contributed by atoms with Crippen LogP contribution in [0.4, 0.5) is 0 Å². The monoisotopic (exact) mass is 750 g/mol. The highest BCUT2D eigenvalue weighted by molar-refractivity contribution is 7.91. The highest BCUT2D eigenvalue weighted by atomic mass is 35.5. The molecule has 0 fully saturated rings. The van der Waals surface area contributed by atoms with E-state index in [2.05, 4.69) is 19.9 Å². The summed E-state index contributed by atoms with van der Waals surface area (Å²) in [6.45, 7) is -0.384. The maximum atomic E-state index is 14.2. The molecule has 12 nitrogen and oxygen atoms in total. The number of nitrogens with zero attached hydrogens (tertiary/aromatic N) is 4. The molecule has 256 valence electrons. The van der Waals surface area contributed by atoms with Crippen molar-refractivity contribution in [2.24, 2.45) is 0 Å². The lowest BCUT2D eigenvalue weighted by atomic mass is 9.94. The fraction of sp³-hybridized carbons (Fsp3) is 0.467. The summed E-state index contributed by atoms with van der Waals surface area (Å²) in [4.78, 5) is 18.0. The topological polar surface area (TPSA) is 163 Å². The lowest BCUT2D eigenvalue weighted by molar-refractivity contribution is 0.280. The van der Waals surface area contributed by atoms with Gasteiger partial charge in [0, 0.05) is 36.2 Å². The van der Waals surface area contributed by atoms with Gasteiger partial charge in [0.15, 0.2) is 9.84 Å². The molecule has 0 aliphatic heterocycles. The van der Waals surface area contributed by atoms with Gasteiger partial charge >= 0.3 is 0 Å². The second kappa shape index (κ2) is 16.2. The van der Waals surface area contributed by atoms with Crippen molar-refractivity contribution in [1.29, 1.82) is 0 Å². The third kappa shape index (κ3) is 8.15. The van der Waals surface area contributed by atoms with E-state index in [-0.39, 0.29) is 93.5 Å². The van der Waals surface area contributed by atoms with Crippen molar-refractivity contribution in [3.8, 4) is 23.5 Å². The summed E-state index contributed by atoms with van der Waals surface area (Å²) in [6, 6.07) is 3.02. The molecule has 4 aromatic rings. The highest BCUT2D eigenvalue weighted by Crippen LogP contribution is 2.43. The van der Waals surface area contributed by atoms with Crippen LogP contribution < -0.4 is 18.9 Å². The van der Waals surface area contributed by atoms with E-state index in [1.54, 1.807) is 0 Å². The standard InChI is InChI=1S/C30H34Cl4N4O8S/c1-43-27-29(45-3)37-25-19(35-27)11-17(31)23(33)21(25)15(7-5-9-39)13-47(41,42)14-16(8-6-10-40)22-24(34)18(32)12-20-26(22)38-30(46-4)28(36-20)44-2/h11-12,15-16,39-40H,5-10,13-14H2,1-4H3. The molecule has 2 aromatic carbocycles. The number of aliphatic hydroxyl groups excluding tert-OH is 2. The van der Waals surface area contributed by atoms with Crippen molar-refractivity contribution >= 4 is 78.3 Å². The van der Waals surface area contributed by atoms with Crippen LogP contribution in [0.25, 0.3) is 22.1 Å². The van der Waals surface area contributed by atoms with Gasteiger partial charge in [-0.25, -0.2) is 28.4 Å². The molecule has 2 aromatic heterocycles. The number of ether oxygens (including phenoxy) is 4. The molecule has 2 N–H and O–H groups in total. The van der Waals surface area contributed by atoms with E-state index >= 15 is 0 Å². The van der Waals surface area contributed by atoms with E-state index in [0.717, 1.165) is 0 Å². The van der Waals surface area contributed by atoms with Crippen molar-refractivity contribution < 1.29 is 37.6 Å². The number of sulfone groups is 1. The van der Waals surface area contributed by atoms with E-state index in [0.29, 0.717) is 22.2 Å². The Kier molecular flexibility index (Phi) is 12.8. The maximum absolute atomic E-state index is 14.2. The van der Waals surface area contributed by atoms with Crippen LogP contribution in [0.5, 0.6) is 23.5 Å². The summed E-state index contributed by atoms with van der Waals surface area (Å²) in [7, 11) is 1.65. The highest BCUT2D eigenvalue weighted by Gasteiger charge is 2.32. The van der Waals surface area contributed by atoms with E-state index in [1.807, 2.05) is 0 Å². The van der Waals surface area contributed by atoms with Crippen LogP contribution in [0, 0.1) is 0 Å². The van der Waals surface area contributed by atoms with Gasteiger partial charge in [-0.05, 0) is 37.8 Å². The predicted octanol–water partition coefficient (Wildman–Crippen LogP) is 6.05. The van der Waals surface area contributed by atoms with Gasteiger partial charge in [-0.2, -0.15) is 0 Å². The molecule has 47 heavy (non-hydrogen) atoms. The Morgan fingerprint density at radius 1 is 0.638 bits per heavy atom. The lowest BCUT2D eigenvalue weighted by Gasteiger charge is -2.24. The molecule has 17 heteroatoms. The van der Waals surface area contributed by atoms with Gasteiger partial charge in [-0.15, -0.1) is 0 Å². The number of fused-ring (bicyclic) bond motifs is 2. The van der Waals surface area contributed by atoms with Gasteiger partial charge in [0.2, 0.25) is 0 Å². The minimum atomic E-state index is -3.97. The molecule has 0 radical (unpaired) electrons. The van der Waals surface area contributed by atoms with E-state index < -0.39 is 33.2 Å². The van der Waals surface area contributed by atoms with Crippen molar-refractivity contribution in [2.45, 2.75) is 37.5 Å². The molecule has 0 spiro atoms. The van der Waals surface area contributed by atoms with Crippen LogP contribution in [0.15, 0.2) is 12.1 Å². The number of benzene rings is 2. The van der Waals surface area contributed by atoms with Crippen molar-refractivity contribution in [3.05, 3.63) is 43.4 Å². The number of aromatic nitrogens is 4. The van der Waals surface area contributed by atoms with Crippen LogP contribution in [0.2, 0.25) is 20.1 Å². The van der Waals surface area contributed by atoms with Crippen molar-refractivity contribution in [3.63, 3.8) is 0 Å². The van der Waals surface area contributed by atoms with Gasteiger partial charge in [-0.3, -0.25) is 0 Å². The Hall–Kier alpha value is -2.65. The summed E-state index contributed by atoms with van der Waals surface area (Å²) in [5.74, 6) is -1.95. The normalized spacial score (nSPS) is 13.1. The lowest BCUT2D eigenvalue weighted by Crippen LogP contribution is -2.23. The minimum absolute atomic E-state index is 0.0723. The maximum Gasteiger partial charge on any atom is 0.278 e. The molecule has 2 atom stereocenters. The fourth-order valence-electron chi connectivity index (χ4n) is 5.52. The van der Waals surface area contributed by atoms with Gasteiger partial charge in [0.1, 0.15) is 0 Å². The molecule has 0 aliphatic rings. The summed E-state index contributed by atoms with van der Waals surface area (Å²) in [5, 5.41) is 19.9. The Bertz CT molecular complexity index is 1740. The first-order chi connectivity index (χ1) is 22.4. The van der Waals surface area contributed by atoms with Gasteiger partial charge < -0.3 is 29.2 Å². The summed E-state index contributed by atoms with van der Waals surface area (Å²) in [5.41, 5.74) is 1.90. The summed E-state index contributed by atoms with van der Waals surface area (Å²) >= 11 is 26.5. The average Bonchev–Trinajstić information content (AvgIpc) is 3.05. The number of aliphatic hydroxyl groups is 2. The first-order valence-corrected chi connectivity index (χ1v) is 17.7. The first kappa shape index (κ1) is 37.2. The molecule has 2 heterocycles. The largest absolute Gasteiger partial charge is 0.477 e. The van der Waals surface area contributed by atoms with Crippen LogP contribution in [-0.4, -0.2) is 91.7 Å². The minimum Gasteiger partial charge on any atom is -0.477 e. The predicted molar refractivity (Wildman–Crippen MR) is 182 cm³/mol. The number of hydrogen-bond acceptors (Lipinski definition) is 12. The van der Waals surface area contributed by atoms with Crippen LogP contribution in [-0.2, 0) is 9.84 Å². The first-order valence-electron chi connectivity index (χ1n) is 14.4. The smallest absolute Gasteiger partial charge is 0.278 e. The fourth-order valence-corrected chi connectivity index (χ4v) is 8.55. The molecule has 0 saturated carbocycles. The Labute approximate surface area is 292 Å². The number of rotatable bonds is 16. The quantitative estimate of drug-likeness (QED) is 0.137. The molecule has 0 aliphatic carbocycles.